The zero-order chi connectivity index (χ0) is 23.4. The van der Waals surface area contributed by atoms with Gasteiger partial charge in [-0.25, -0.2) is 0 Å². The summed E-state index contributed by atoms with van der Waals surface area (Å²) in [5.41, 5.74) is 1.55. The van der Waals surface area contributed by atoms with E-state index in [4.69, 9.17) is 4.74 Å². The van der Waals surface area contributed by atoms with Gasteiger partial charge in [0.2, 0.25) is 11.8 Å². The molecule has 0 spiro atoms. The van der Waals surface area contributed by atoms with Crippen LogP contribution >= 0.6 is 11.3 Å². The summed E-state index contributed by atoms with van der Waals surface area (Å²) in [6.07, 6.45) is 1.92. The van der Waals surface area contributed by atoms with Crippen LogP contribution in [0.2, 0.25) is 0 Å². The van der Waals surface area contributed by atoms with Gasteiger partial charge in [0.1, 0.15) is 6.04 Å². The number of nitrogens with zero attached hydrogens (tertiary/aromatic N) is 2. The van der Waals surface area contributed by atoms with E-state index in [9.17, 15) is 14.4 Å². The summed E-state index contributed by atoms with van der Waals surface area (Å²) in [4.78, 5) is 42.9. The number of nitrogens with one attached hydrogen (secondary N) is 1. The molecular weight excluding hydrogens is 438 g/mol. The molecule has 1 aromatic carbocycles. The first-order valence-corrected chi connectivity index (χ1v) is 12.4. The highest BCUT2D eigenvalue weighted by molar-refractivity contribution is 7.10. The van der Waals surface area contributed by atoms with E-state index < -0.39 is 6.04 Å². The second-order valence-electron chi connectivity index (χ2n) is 8.88. The SMILES string of the molecule is CC1CN(C(=O)c2ccc(CNC(=O)C3CCCN3C(=O)Cc3cccs3)cc2)CC(C)O1. The van der Waals surface area contributed by atoms with E-state index >= 15 is 0 Å². The Balaban J connectivity index is 1.30. The molecule has 3 unspecified atom stereocenters. The summed E-state index contributed by atoms with van der Waals surface area (Å²) in [5.74, 6) is -0.119. The van der Waals surface area contributed by atoms with Crippen LogP contribution < -0.4 is 5.32 Å². The largest absolute Gasteiger partial charge is 0.372 e. The number of benzene rings is 1. The van der Waals surface area contributed by atoms with E-state index in [1.807, 2.05) is 48.4 Å². The molecule has 3 atom stereocenters. The van der Waals surface area contributed by atoms with Crippen molar-refractivity contribution in [3.8, 4) is 0 Å². The first-order valence-electron chi connectivity index (χ1n) is 11.5. The highest BCUT2D eigenvalue weighted by Crippen LogP contribution is 2.21. The molecule has 1 N–H and O–H groups in total. The van der Waals surface area contributed by atoms with Gasteiger partial charge in [0.05, 0.1) is 18.6 Å². The van der Waals surface area contributed by atoms with Crippen LogP contribution in [0.15, 0.2) is 41.8 Å². The molecule has 1 aromatic heterocycles. The highest BCUT2D eigenvalue weighted by Gasteiger charge is 2.34. The Morgan fingerprint density at radius 2 is 1.82 bits per heavy atom. The average molecular weight is 470 g/mol. The Bertz CT molecular complexity index is 966. The smallest absolute Gasteiger partial charge is 0.254 e. The predicted octanol–water partition coefficient (Wildman–Crippen LogP) is 2.85. The molecule has 3 amide bonds. The fourth-order valence-electron chi connectivity index (χ4n) is 4.60. The van der Waals surface area contributed by atoms with Crippen LogP contribution in [0.4, 0.5) is 0 Å². The molecule has 0 bridgehead atoms. The number of likely N-dealkylation sites (tertiary alicyclic amines) is 1. The van der Waals surface area contributed by atoms with E-state index in [0.29, 0.717) is 44.6 Å². The number of hydrogen-bond acceptors (Lipinski definition) is 5. The Labute approximate surface area is 198 Å². The van der Waals surface area contributed by atoms with Crippen LogP contribution in [0, 0.1) is 0 Å². The number of rotatable bonds is 6. The average Bonchev–Trinajstić information content (AvgIpc) is 3.49. The minimum Gasteiger partial charge on any atom is -0.372 e. The summed E-state index contributed by atoms with van der Waals surface area (Å²) < 4.78 is 5.71. The molecular formula is C25H31N3O4S. The molecule has 7 nitrogen and oxygen atoms in total. The Hall–Kier alpha value is -2.71. The lowest BCUT2D eigenvalue weighted by molar-refractivity contribution is -0.138. The minimum atomic E-state index is -0.413. The molecule has 2 aromatic rings. The van der Waals surface area contributed by atoms with Crippen LogP contribution in [0.3, 0.4) is 0 Å². The van der Waals surface area contributed by atoms with E-state index in [1.165, 1.54) is 0 Å². The lowest BCUT2D eigenvalue weighted by Crippen LogP contribution is -2.48. The third-order valence-corrected chi connectivity index (χ3v) is 7.03. The summed E-state index contributed by atoms with van der Waals surface area (Å²) in [6.45, 7) is 6.11. The number of carbonyl (C=O) groups excluding carboxylic acids is 3. The topological polar surface area (TPSA) is 79.0 Å². The van der Waals surface area contributed by atoms with E-state index in [-0.39, 0.29) is 29.9 Å². The third kappa shape index (κ3) is 5.81. The van der Waals surface area contributed by atoms with Crippen molar-refractivity contribution in [3.63, 3.8) is 0 Å². The molecule has 176 valence electrons. The van der Waals surface area contributed by atoms with Crippen molar-refractivity contribution >= 4 is 29.1 Å². The van der Waals surface area contributed by atoms with Crippen LogP contribution in [-0.4, -0.2) is 65.4 Å². The number of morpholine rings is 1. The Morgan fingerprint density at radius 3 is 2.48 bits per heavy atom. The number of amides is 3. The minimum absolute atomic E-state index is 0.00145. The van der Waals surface area contributed by atoms with Gasteiger partial charge in [-0.05, 0) is 55.8 Å². The molecule has 0 saturated carbocycles. The summed E-state index contributed by atoms with van der Waals surface area (Å²) >= 11 is 1.56. The van der Waals surface area contributed by atoms with Gasteiger partial charge in [0, 0.05) is 36.6 Å². The van der Waals surface area contributed by atoms with Gasteiger partial charge in [-0.1, -0.05) is 18.2 Å². The number of carbonyl (C=O) groups is 3. The molecule has 0 radical (unpaired) electrons. The van der Waals surface area contributed by atoms with Gasteiger partial charge in [0.25, 0.3) is 5.91 Å². The van der Waals surface area contributed by atoms with Gasteiger partial charge >= 0.3 is 0 Å². The quantitative estimate of drug-likeness (QED) is 0.706. The van der Waals surface area contributed by atoms with Crippen molar-refractivity contribution in [1.82, 2.24) is 15.1 Å². The second kappa shape index (κ2) is 10.5. The lowest BCUT2D eigenvalue weighted by Gasteiger charge is -2.35. The fraction of sp³-hybridized carbons (Fsp3) is 0.480. The molecule has 8 heteroatoms. The van der Waals surface area contributed by atoms with Crippen LogP contribution in [0.25, 0.3) is 0 Å². The van der Waals surface area contributed by atoms with Gasteiger partial charge in [-0.3, -0.25) is 14.4 Å². The molecule has 2 aliphatic rings. The van der Waals surface area contributed by atoms with Crippen LogP contribution in [-0.2, 0) is 27.3 Å². The fourth-order valence-corrected chi connectivity index (χ4v) is 5.30. The van der Waals surface area contributed by atoms with Crippen LogP contribution in [0.1, 0.15) is 47.5 Å². The number of thiophene rings is 1. The summed E-state index contributed by atoms with van der Waals surface area (Å²) in [6, 6.07) is 10.8. The van der Waals surface area contributed by atoms with Gasteiger partial charge in [0.15, 0.2) is 0 Å². The molecule has 33 heavy (non-hydrogen) atoms. The number of ether oxygens (including phenoxy) is 1. The Kier molecular flexibility index (Phi) is 7.45. The zero-order valence-electron chi connectivity index (χ0n) is 19.2. The van der Waals surface area contributed by atoms with Gasteiger partial charge < -0.3 is 19.9 Å². The normalized spacial score (nSPS) is 22.9. The standard InChI is InChI=1S/C25H31N3O4S/c1-17-15-27(16-18(2)32-17)25(31)20-9-7-19(8-10-20)14-26-24(30)22-6-3-11-28(22)23(29)13-21-5-4-12-33-21/h4-5,7-10,12,17-18,22H,3,6,11,13-16H2,1-2H3,(H,26,30). The maximum atomic E-state index is 12.8. The zero-order valence-corrected chi connectivity index (χ0v) is 20.0. The van der Waals surface area contributed by atoms with E-state index in [2.05, 4.69) is 5.32 Å². The lowest BCUT2D eigenvalue weighted by atomic mass is 10.1. The van der Waals surface area contributed by atoms with Gasteiger partial charge in [-0.15, -0.1) is 11.3 Å². The van der Waals surface area contributed by atoms with Gasteiger partial charge in [-0.2, -0.15) is 0 Å². The van der Waals surface area contributed by atoms with Crippen molar-refractivity contribution in [2.45, 2.75) is 57.9 Å². The van der Waals surface area contributed by atoms with Crippen molar-refractivity contribution in [1.29, 1.82) is 0 Å². The van der Waals surface area contributed by atoms with E-state index in [0.717, 1.165) is 16.9 Å². The maximum absolute atomic E-state index is 12.8. The number of hydrogen-bond donors (Lipinski definition) is 1. The molecule has 2 fully saturated rings. The first kappa shape index (κ1) is 23.4. The molecule has 3 heterocycles. The predicted molar refractivity (Wildman–Crippen MR) is 127 cm³/mol. The summed E-state index contributed by atoms with van der Waals surface area (Å²) in [5, 5.41) is 4.92. The van der Waals surface area contributed by atoms with Crippen molar-refractivity contribution in [2.75, 3.05) is 19.6 Å². The molecule has 0 aliphatic carbocycles. The molecule has 4 rings (SSSR count). The molecule has 2 aliphatic heterocycles. The first-order chi connectivity index (χ1) is 15.9. The maximum Gasteiger partial charge on any atom is 0.254 e. The van der Waals surface area contributed by atoms with Crippen LogP contribution in [0.5, 0.6) is 0 Å². The second-order valence-corrected chi connectivity index (χ2v) is 9.92. The monoisotopic (exact) mass is 469 g/mol. The van der Waals surface area contributed by atoms with E-state index in [1.54, 1.807) is 28.4 Å². The van der Waals surface area contributed by atoms with Crippen molar-refractivity contribution in [2.24, 2.45) is 0 Å². The highest BCUT2D eigenvalue weighted by atomic mass is 32.1. The van der Waals surface area contributed by atoms with Crippen molar-refractivity contribution < 1.29 is 19.1 Å². The van der Waals surface area contributed by atoms with Crippen molar-refractivity contribution in [3.05, 3.63) is 57.8 Å². The molecule has 2 saturated heterocycles. The summed E-state index contributed by atoms with van der Waals surface area (Å²) in [7, 11) is 0. The third-order valence-electron chi connectivity index (χ3n) is 6.16. The Morgan fingerprint density at radius 1 is 1.09 bits per heavy atom.